The van der Waals surface area contributed by atoms with E-state index in [1.165, 1.54) is 0 Å². The number of ether oxygens (including phenoxy) is 2. The predicted molar refractivity (Wildman–Crippen MR) is 74.0 cm³/mol. The van der Waals surface area contributed by atoms with Crippen LogP contribution in [0.3, 0.4) is 0 Å². The summed E-state index contributed by atoms with van der Waals surface area (Å²) in [4.78, 5) is 0.166. The van der Waals surface area contributed by atoms with Crippen LogP contribution in [0.1, 0.15) is 30.9 Å². The zero-order chi connectivity index (χ0) is 14.6. The zero-order valence-corrected chi connectivity index (χ0v) is 12.6. The molecule has 1 aromatic carbocycles. The fraction of sp³-hybridized carbons (Fsp3) is 0.538. The van der Waals surface area contributed by atoms with Crippen molar-refractivity contribution in [3.63, 3.8) is 0 Å². The van der Waals surface area contributed by atoms with Gasteiger partial charge in [0.15, 0.2) is 0 Å². The average molecular weight is 287 g/mol. The van der Waals surface area contributed by atoms with E-state index in [9.17, 15) is 8.42 Å². The first-order valence-corrected chi connectivity index (χ1v) is 7.61. The number of hydrogen-bond acceptors (Lipinski definition) is 4. The minimum absolute atomic E-state index is 0.0405. The molecular formula is C13H21NO4S. The molecule has 19 heavy (non-hydrogen) atoms. The summed E-state index contributed by atoms with van der Waals surface area (Å²) in [7, 11) is -2.13. The quantitative estimate of drug-likeness (QED) is 0.809. The van der Waals surface area contributed by atoms with Gasteiger partial charge in [-0.15, -0.1) is 0 Å². The van der Waals surface area contributed by atoms with E-state index in [1.807, 2.05) is 13.8 Å². The maximum absolute atomic E-state index is 11.6. The first-order valence-electron chi connectivity index (χ1n) is 6.06. The minimum atomic E-state index is -3.72. The van der Waals surface area contributed by atoms with Crippen molar-refractivity contribution in [3.8, 4) is 5.75 Å². The van der Waals surface area contributed by atoms with Crippen molar-refractivity contribution in [1.29, 1.82) is 0 Å². The van der Waals surface area contributed by atoms with E-state index in [2.05, 4.69) is 0 Å². The minimum Gasteiger partial charge on any atom is -0.491 e. The van der Waals surface area contributed by atoms with Gasteiger partial charge < -0.3 is 9.47 Å². The molecule has 0 aliphatic carbocycles. The third kappa shape index (κ3) is 4.19. The Morgan fingerprint density at radius 1 is 1.26 bits per heavy atom. The molecule has 0 aliphatic heterocycles. The van der Waals surface area contributed by atoms with Crippen molar-refractivity contribution in [1.82, 2.24) is 0 Å². The van der Waals surface area contributed by atoms with E-state index in [-0.39, 0.29) is 10.8 Å². The number of sulfonamides is 1. The first kappa shape index (κ1) is 15.9. The van der Waals surface area contributed by atoms with Crippen molar-refractivity contribution >= 4 is 10.0 Å². The Hall–Kier alpha value is -1.11. The Bertz CT molecular complexity index is 538. The van der Waals surface area contributed by atoms with Crippen LogP contribution in [0.25, 0.3) is 0 Å². The van der Waals surface area contributed by atoms with Gasteiger partial charge in [-0.25, -0.2) is 13.6 Å². The topological polar surface area (TPSA) is 78.6 Å². The van der Waals surface area contributed by atoms with Crippen LogP contribution >= 0.6 is 0 Å². The third-order valence-corrected chi connectivity index (χ3v) is 3.75. The Balaban J connectivity index is 3.21. The monoisotopic (exact) mass is 287 g/mol. The molecule has 1 aromatic rings. The highest BCUT2D eigenvalue weighted by atomic mass is 32.2. The molecule has 6 heteroatoms. The molecule has 0 bridgehead atoms. The van der Waals surface area contributed by atoms with Gasteiger partial charge in [-0.3, -0.25) is 0 Å². The van der Waals surface area contributed by atoms with Gasteiger partial charge >= 0.3 is 0 Å². The fourth-order valence-corrected chi connectivity index (χ4v) is 2.73. The maximum atomic E-state index is 11.6. The summed E-state index contributed by atoms with van der Waals surface area (Å²) in [5, 5.41) is 5.25. The molecular weight excluding hydrogens is 266 g/mol. The number of benzene rings is 1. The molecule has 0 amide bonds. The molecule has 108 valence electrons. The highest BCUT2D eigenvalue weighted by molar-refractivity contribution is 7.89. The Labute approximate surface area is 114 Å². The third-order valence-electron chi connectivity index (χ3n) is 2.78. The summed E-state index contributed by atoms with van der Waals surface area (Å²) in [5.74, 6) is 0.701. The molecule has 0 heterocycles. The van der Waals surface area contributed by atoms with Gasteiger partial charge in [0.2, 0.25) is 10.0 Å². The molecule has 0 fully saturated rings. The molecule has 0 radical (unpaired) electrons. The summed E-state index contributed by atoms with van der Waals surface area (Å²) >= 11 is 0. The molecule has 5 nitrogen and oxygen atoms in total. The van der Waals surface area contributed by atoms with Crippen LogP contribution in [-0.2, 0) is 14.8 Å². The van der Waals surface area contributed by atoms with Crippen LogP contribution in [-0.4, -0.2) is 28.7 Å². The lowest BCUT2D eigenvalue weighted by molar-refractivity contribution is 0.146. The fourth-order valence-electron chi connectivity index (χ4n) is 1.77. The zero-order valence-electron chi connectivity index (χ0n) is 11.8. The molecule has 0 saturated carbocycles. The van der Waals surface area contributed by atoms with Crippen molar-refractivity contribution < 1.29 is 17.9 Å². The van der Waals surface area contributed by atoms with Crippen molar-refractivity contribution in [3.05, 3.63) is 23.3 Å². The van der Waals surface area contributed by atoms with Crippen molar-refractivity contribution in [2.45, 2.75) is 31.6 Å². The molecule has 0 atom stereocenters. The molecule has 0 aromatic heterocycles. The van der Waals surface area contributed by atoms with E-state index < -0.39 is 10.0 Å². The summed E-state index contributed by atoms with van der Waals surface area (Å²) < 4.78 is 33.7. The largest absolute Gasteiger partial charge is 0.491 e. The lowest BCUT2D eigenvalue weighted by atomic mass is 10.0. The predicted octanol–water partition coefficient (Wildman–Crippen LogP) is 1.79. The van der Waals surface area contributed by atoms with E-state index in [1.54, 1.807) is 26.2 Å². The Kier molecular flexibility index (Phi) is 5.34. The van der Waals surface area contributed by atoms with Gasteiger partial charge in [-0.1, -0.05) is 13.8 Å². The van der Waals surface area contributed by atoms with E-state index in [0.717, 1.165) is 5.56 Å². The molecule has 0 spiro atoms. The van der Waals surface area contributed by atoms with Gasteiger partial charge in [-0.05, 0) is 36.1 Å². The lowest BCUT2D eigenvalue weighted by Gasteiger charge is -2.16. The highest BCUT2D eigenvalue weighted by Crippen LogP contribution is 2.30. The van der Waals surface area contributed by atoms with E-state index in [0.29, 0.717) is 24.5 Å². The second-order valence-electron chi connectivity index (χ2n) is 4.70. The molecule has 2 N–H and O–H groups in total. The average Bonchev–Trinajstić information content (AvgIpc) is 2.29. The van der Waals surface area contributed by atoms with E-state index in [4.69, 9.17) is 14.6 Å². The summed E-state index contributed by atoms with van der Waals surface area (Å²) in [6, 6.07) is 3.31. The Morgan fingerprint density at radius 2 is 1.89 bits per heavy atom. The van der Waals surface area contributed by atoms with Crippen LogP contribution < -0.4 is 9.88 Å². The van der Waals surface area contributed by atoms with Crippen molar-refractivity contribution in [2.24, 2.45) is 5.14 Å². The maximum Gasteiger partial charge on any atom is 0.238 e. The first-order chi connectivity index (χ1) is 8.77. The summed E-state index contributed by atoms with van der Waals surface area (Å²) in [6.07, 6.45) is 0. The van der Waals surface area contributed by atoms with Crippen LogP contribution in [0.5, 0.6) is 5.75 Å². The normalized spacial score (nSPS) is 11.9. The molecule has 0 saturated heterocycles. The number of methoxy groups -OCH3 is 1. The molecule has 1 rings (SSSR count). The van der Waals surface area contributed by atoms with Gasteiger partial charge in [0, 0.05) is 7.11 Å². The number of hydrogen-bond donors (Lipinski definition) is 1. The molecule has 0 unspecified atom stereocenters. The van der Waals surface area contributed by atoms with Gasteiger partial charge in [-0.2, -0.15) is 0 Å². The smallest absolute Gasteiger partial charge is 0.238 e. The van der Waals surface area contributed by atoms with Gasteiger partial charge in [0.25, 0.3) is 0 Å². The summed E-state index contributed by atoms with van der Waals surface area (Å²) in [6.45, 7) is 6.52. The van der Waals surface area contributed by atoms with Crippen LogP contribution in [0.2, 0.25) is 0 Å². The molecule has 0 aliphatic rings. The standard InChI is InChI=1S/C13H21NO4S/c1-9(2)11-8-12(18-6-5-17-4)10(3)7-13(11)19(14,15)16/h7-9H,5-6H2,1-4H3,(H2,14,15,16). The number of rotatable bonds is 6. The number of aryl methyl sites for hydroxylation is 1. The second kappa shape index (κ2) is 6.36. The summed E-state index contributed by atoms with van der Waals surface area (Å²) in [5.41, 5.74) is 1.41. The Morgan fingerprint density at radius 3 is 2.37 bits per heavy atom. The second-order valence-corrected chi connectivity index (χ2v) is 6.23. The van der Waals surface area contributed by atoms with Crippen LogP contribution in [0.15, 0.2) is 17.0 Å². The van der Waals surface area contributed by atoms with Crippen LogP contribution in [0.4, 0.5) is 0 Å². The lowest BCUT2D eigenvalue weighted by Crippen LogP contribution is -2.16. The highest BCUT2D eigenvalue weighted by Gasteiger charge is 2.19. The van der Waals surface area contributed by atoms with Crippen molar-refractivity contribution in [2.75, 3.05) is 20.3 Å². The number of primary sulfonamides is 1. The van der Waals surface area contributed by atoms with Gasteiger partial charge in [0.05, 0.1) is 11.5 Å². The SMILES string of the molecule is COCCOc1cc(C(C)C)c(S(N)(=O)=O)cc1C. The van der Waals surface area contributed by atoms with Crippen LogP contribution in [0, 0.1) is 6.92 Å². The van der Waals surface area contributed by atoms with Gasteiger partial charge in [0.1, 0.15) is 12.4 Å². The number of nitrogens with two attached hydrogens (primary N) is 1. The van der Waals surface area contributed by atoms with E-state index >= 15 is 0 Å².